The summed E-state index contributed by atoms with van der Waals surface area (Å²) in [5.74, 6) is 1.21. The molecule has 0 heterocycles. The van der Waals surface area contributed by atoms with E-state index in [0.29, 0.717) is 11.8 Å². The first kappa shape index (κ1) is 20.3. The largest absolute Gasteiger partial charge is 0.507 e. The molecular weight excluding hydrogens is 368 g/mol. The minimum Gasteiger partial charge on any atom is -0.507 e. The zero-order valence-electron chi connectivity index (χ0n) is 18.7. The summed E-state index contributed by atoms with van der Waals surface area (Å²) in [4.78, 5) is 0. The van der Waals surface area contributed by atoms with Gasteiger partial charge in [0.15, 0.2) is 0 Å². The smallest absolute Gasteiger partial charge is 0.131 e. The Labute approximate surface area is 178 Å². The number of hydrogen-bond donors (Lipinski definition) is 2. The van der Waals surface area contributed by atoms with Crippen molar-refractivity contribution < 1.29 is 10.2 Å². The Morgan fingerprint density at radius 1 is 0.567 bits per heavy atom. The molecule has 2 N–H and O–H groups in total. The van der Waals surface area contributed by atoms with Crippen LogP contribution in [0.25, 0.3) is 32.7 Å². The lowest BCUT2D eigenvalue weighted by Gasteiger charge is -2.20. The molecule has 0 aliphatic heterocycles. The second-order valence-electron chi connectivity index (χ2n) is 9.03. The molecule has 0 radical (unpaired) electrons. The summed E-state index contributed by atoms with van der Waals surface area (Å²) in [6.45, 7) is 12.7. The molecule has 0 atom stereocenters. The van der Waals surface area contributed by atoms with Crippen molar-refractivity contribution in [1.29, 1.82) is 0 Å². The normalized spacial score (nSPS) is 11.9. The van der Waals surface area contributed by atoms with Crippen LogP contribution in [-0.4, -0.2) is 10.2 Å². The van der Waals surface area contributed by atoms with Crippen LogP contribution in [0.15, 0.2) is 48.5 Å². The maximum absolute atomic E-state index is 11.3. The number of rotatable bonds is 3. The highest BCUT2D eigenvalue weighted by atomic mass is 16.3. The monoisotopic (exact) mass is 398 g/mol. The molecule has 0 unspecified atom stereocenters. The van der Waals surface area contributed by atoms with Crippen molar-refractivity contribution >= 4 is 21.5 Å². The summed E-state index contributed by atoms with van der Waals surface area (Å²) in [5, 5.41) is 26.5. The molecule has 0 saturated heterocycles. The first-order valence-corrected chi connectivity index (χ1v) is 10.7. The molecule has 4 aromatic carbocycles. The van der Waals surface area contributed by atoms with Crippen LogP contribution in [0.3, 0.4) is 0 Å². The minimum atomic E-state index is 0.241. The van der Waals surface area contributed by atoms with Crippen molar-refractivity contribution in [3.8, 4) is 22.6 Å². The molecule has 0 aliphatic carbocycles. The molecule has 2 heteroatoms. The Morgan fingerprint density at radius 3 is 1.27 bits per heavy atom. The summed E-state index contributed by atoms with van der Waals surface area (Å²) >= 11 is 0. The van der Waals surface area contributed by atoms with E-state index >= 15 is 0 Å². The number of phenols is 2. The molecule has 2 nitrogen and oxygen atoms in total. The summed E-state index contributed by atoms with van der Waals surface area (Å²) < 4.78 is 0. The van der Waals surface area contributed by atoms with Gasteiger partial charge in [0.2, 0.25) is 0 Å². The summed E-state index contributed by atoms with van der Waals surface area (Å²) in [6, 6.07) is 16.5. The average Bonchev–Trinajstić information content (AvgIpc) is 2.69. The van der Waals surface area contributed by atoms with E-state index in [1.807, 2.05) is 38.1 Å². The maximum Gasteiger partial charge on any atom is 0.131 e. The van der Waals surface area contributed by atoms with E-state index in [1.165, 1.54) is 11.1 Å². The van der Waals surface area contributed by atoms with Gasteiger partial charge in [0, 0.05) is 21.9 Å². The fourth-order valence-corrected chi connectivity index (χ4v) is 4.76. The SMILES string of the molecule is Cc1cc2c(C(C)C)cccc2c(O)c1-c1c(C)cc2c(C(C)C)cccc2c1O. The lowest BCUT2D eigenvalue weighted by molar-refractivity contribution is 0.475. The van der Waals surface area contributed by atoms with Gasteiger partial charge < -0.3 is 10.2 Å². The van der Waals surface area contributed by atoms with E-state index in [2.05, 4.69) is 52.0 Å². The van der Waals surface area contributed by atoms with Crippen molar-refractivity contribution in [3.63, 3.8) is 0 Å². The molecule has 0 amide bonds. The molecule has 0 aliphatic rings. The van der Waals surface area contributed by atoms with Crippen molar-refractivity contribution in [2.45, 2.75) is 53.4 Å². The number of fused-ring (bicyclic) bond motifs is 2. The van der Waals surface area contributed by atoms with E-state index in [-0.39, 0.29) is 11.5 Å². The van der Waals surface area contributed by atoms with Crippen LogP contribution in [-0.2, 0) is 0 Å². The number of aryl methyl sites for hydroxylation is 2. The Balaban J connectivity index is 2.08. The van der Waals surface area contributed by atoms with E-state index in [9.17, 15) is 10.2 Å². The maximum atomic E-state index is 11.3. The summed E-state index contributed by atoms with van der Waals surface area (Å²) in [5.41, 5.74) is 5.80. The molecule has 0 spiro atoms. The molecule has 30 heavy (non-hydrogen) atoms. The van der Waals surface area contributed by atoms with E-state index < -0.39 is 0 Å². The van der Waals surface area contributed by atoms with Gasteiger partial charge in [0.05, 0.1) is 0 Å². The van der Waals surface area contributed by atoms with Crippen molar-refractivity contribution in [1.82, 2.24) is 0 Å². The average molecular weight is 399 g/mol. The molecule has 154 valence electrons. The first-order valence-electron chi connectivity index (χ1n) is 10.7. The number of aromatic hydroxyl groups is 2. The highest BCUT2D eigenvalue weighted by Crippen LogP contribution is 2.48. The third kappa shape index (κ3) is 3.02. The van der Waals surface area contributed by atoms with Gasteiger partial charge >= 0.3 is 0 Å². The first-order chi connectivity index (χ1) is 14.2. The molecule has 0 bridgehead atoms. The van der Waals surface area contributed by atoms with E-state index in [4.69, 9.17) is 0 Å². The van der Waals surface area contributed by atoms with Gasteiger partial charge in [-0.3, -0.25) is 0 Å². The second-order valence-corrected chi connectivity index (χ2v) is 9.03. The molecular formula is C28H30O2. The highest BCUT2D eigenvalue weighted by Gasteiger charge is 2.21. The quantitative estimate of drug-likeness (QED) is 0.368. The Kier molecular flexibility index (Phi) is 4.97. The van der Waals surface area contributed by atoms with E-state index in [1.54, 1.807) is 0 Å². The number of hydrogen-bond acceptors (Lipinski definition) is 2. The van der Waals surface area contributed by atoms with Crippen LogP contribution < -0.4 is 0 Å². The predicted octanol–water partition coefficient (Wildman–Crippen LogP) is 7.93. The van der Waals surface area contributed by atoms with Gasteiger partial charge in [-0.15, -0.1) is 0 Å². The van der Waals surface area contributed by atoms with Gasteiger partial charge in [-0.1, -0.05) is 76.2 Å². The van der Waals surface area contributed by atoms with Crippen LogP contribution in [0.1, 0.15) is 61.8 Å². The molecule has 0 saturated carbocycles. The lowest BCUT2D eigenvalue weighted by atomic mass is 9.86. The highest BCUT2D eigenvalue weighted by molar-refractivity contribution is 6.04. The predicted molar refractivity (Wildman–Crippen MR) is 128 cm³/mol. The fraction of sp³-hybridized carbons (Fsp3) is 0.286. The Hall–Kier alpha value is -3.00. The third-order valence-electron chi connectivity index (χ3n) is 6.27. The standard InChI is InChI=1S/C28H30O2/c1-15(2)19-9-7-11-21-23(19)13-17(5)25(27(21)29)26-18(6)14-24-20(16(3)4)10-8-12-22(24)28(26)30/h7-16,29-30H,1-6H3. The summed E-state index contributed by atoms with van der Waals surface area (Å²) in [7, 11) is 0. The van der Waals surface area contributed by atoms with Crippen LogP contribution >= 0.6 is 0 Å². The molecule has 4 rings (SSSR count). The minimum absolute atomic E-state index is 0.241. The third-order valence-corrected chi connectivity index (χ3v) is 6.27. The number of benzene rings is 4. The van der Waals surface area contributed by atoms with Crippen molar-refractivity contribution in [3.05, 3.63) is 70.8 Å². The summed E-state index contributed by atoms with van der Waals surface area (Å²) in [6.07, 6.45) is 0. The van der Waals surface area contributed by atoms with Crippen LogP contribution in [0.4, 0.5) is 0 Å². The van der Waals surface area contributed by atoms with Crippen LogP contribution in [0, 0.1) is 13.8 Å². The molecule has 0 fully saturated rings. The van der Waals surface area contributed by atoms with Crippen molar-refractivity contribution in [2.75, 3.05) is 0 Å². The molecule has 0 aromatic heterocycles. The zero-order valence-corrected chi connectivity index (χ0v) is 18.7. The van der Waals surface area contributed by atoms with Gasteiger partial charge in [-0.2, -0.15) is 0 Å². The topological polar surface area (TPSA) is 40.5 Å². The van der Waals surface area contributed by atoms with Crippen LogP contribution in [0.2, 0.25) is 0 Å². The van der Waals surface area contributed by atoms with Crippen molar-refractivity contribution in [2.24, 2.45) is 0 Å². The van der Waals surface area contributed by atoms with Gasteiger partial charge in [-0.05, 0) is 58.7 Å². The van der Waals surface area contributed by atoms with Gasteiger partial charge in [-0.25, -0.2) is 0 Å². The zero-order chi connectivity index (χ0) is 21.7. The fourth-order valence-electron chi connectivity index (χ4n) is 4.76. The molecule has 4 aromatic rings. The van der Waals surface area contributed by atoms with Gasteiger partial charge in [0.1, 0.15) is 11.5 Å². The number of phenolic OH excluding ortho intramolecular Hbond substituents is 2. The Bertz CT molecular complexity index is 1180. The lowest BCUT2D eigenvalue weighted by Crippen LogP contribution is -1.96. The van der Waals surface area contributed by atoms with Crippen LogP contribution in [0.5, 0.6) is 11.5 Å². The van der Waals surface area contributed by atoms with E-state index in [0.717, 1.165) is 43.8 Å². The van der Waals surface area contributed by atoms with Gasteiger partial charge in [0.25, 0.3) is 0 Å². The Morgan fingerprint density at radius 2 is 0.933 bits per heavy atom. The second kappa shape index (κ2) is 7.36.